The Balaban J connectivity index is 2.09. The van der Waals surface area contributed by atoms with Crippen LogP contribution in [0.2, 0.25) is 0 Å². The maximum atomic E-state index is 9.22. The summed E-state index contributed by atoms with van der Waals surface area (Å²) in [5.74, 6) is 0. The highest BCUT2D eigenvalue weighted by atomic mass is 15.3. The van der Waals surface area contributed by atoms with E-state index >= 15 is 0 Å². The molecule has 0 saturated heterocycles. The van der Waals surface area contributed by atoms with Gasteiger partial charge >= 0.3 is 0 Å². The SMILES string of the molecule is CCNC1(C#N)CCC(n2cccn2)C1. The van der Waals surface area contributed by atoms with Crippen LogP contribution in [0.1, 0.15) is 32.2 Å². The topological polar surface area (TPSA) is 53.6 Å². The van der Waals surface area contributed by atoms with Crippen molar-refractivity contribution < 1.29 is 0 Å². The molecule has 4 heteroatoms. The van der Waals surface area contributed by atoms with Crippen molar-refractivity contribution in [2.75, 3.05) is 6.54 Å². The Morgan fingerprint density at radius 2 is 2.60 bits per heavy atom. The summed E-state index contributed by atoms with van der Waals surface area (Å²) in [6.45, 7) is 2.89. The summed E-state index contributed by atoms with van der Waals surface area (Å²) in [7, 11) is 0. The van der Waals surface area contributed by atoms with Gasteiger partial charge in [0.15, 0.2) is 0 Å². The molecule has 2 atom stereocenters. The third-order valence-corrected chi connectivity index (χ3v) is 3.12. The lowest BCUT2D eigenvalue weighted by Gasteiger charge is -2.21. The highest BCUT2D eigenvalue weighted by Crippen LogP contribution is 2.36. The van der Waals surface area contributed by atoms with Crippen LogP contribution in [0.3, 0.4) is 0 Å². The molecule has 1 heterocycles. The zero-order chi connectivity index (χ0) is 10.7. The molecule has 1 N–H and O–H groups in total. The van der Waals surface area contributed by atoms with Gasteiger partial charge in [-0.05, 0) is 25.5 Å². The van der Waals surface area contributed by atoms with Crippen LogP contribution in [0.15, 0.2) is 18.5 Å². The van der Waals surface area contributed by atoms with Crippen molar-refractivity contribution in [1.29, 1.82) is 5.26 Å². The van der Waals surface area contributed by atoms with E-state index in [1.54, 1.807) is 6.20 Å². The fourth-order valence-corrected chi connectivity index (χ4v) is 2.38. The molecule has 1 fully saturated rings. The van der Waals surface area contributed by atoms with Crippen LogP contribution in [-0.4, -0.2) is 21.9 Å². The first-order valence-electron chi connectivity index (χ1n) is 5.45. The second-order valence-electron chi connectivity index (χ2n) is 4.11. The Kier molecular flexibility index (Phi) is 2.74. The van der Waals surface area contributed by atoms with E-state index < -0.39 is 0 Å². The van der Waals surface area contributed by atoms with Gasteiger partial charge in [0, 0.05) is 18.8 Å². The van der Waals surface area contributed by atoms with Gasteiger partial charge in [0.25, 0.3) is 0 Å². The quantitative estimate of drug-likeness (QED) is 0.811. The molecule has 1 aromatic heterocycles. The summed E-state index contributed by atoms with van der Waals surface area (Å²) in [5.41, 5.74) is -0.328. The molecule has 15 heavy (non-hydrogen) atoms. The van der Waals surface area contributed by atoms with Crippen molar-refractivity contribution in [1.82, 2.24) is 15.1 Å². The molecule has 80 valence electrons. The maximum absolute atomic E-state index is 9.22. The van der Waals surface area contributed by atoms with E-state index in [1.165, 1.54) is 0 Å². The van der Waals surface area contributed by atoms with Gasteiger partial charge in [-0.25, -0.2) is 0 Å². The number of rotatable bonds is 3. The molecular formula is C11H16N4. The van der Waals surface area contributed by atoms with Gasteiger partial charge < -0.3 is 0 Å². The molecule has 4 nitrogen and oxygen atoms in total. The van der Waals surface area contributed by atoms with E-state index in [1.807, 2.05) is 23.9 Å². The normalized spacial score (nSPS) is 30.3. The van der Waals surface area contributed by atoms with Crippen molar-refractivity contribution >= 4 is 0 Å². The Morgan fingerprint density at radius 1 is 1.73 bits per heavy atom. The molecule has 0 aromatic carbocycles. The largest absolute Gasteiger partial charge is 0.300 e. The van der Waals surface area contributed by atoms with E-state index in [4.69, 9.17) is 0 Å². The molecule has 0 spiro atoms. The zero-order valence-corrected chi connectivity index (χ0v) is 8.98. The Hall–Kier alpha value is -1.34. The molecule has 1 aliphatic carbocycles. The second kappa shape index (κ2) is 4.03. The lowest BCUT2D eigenvalue weighted by Crippen LogP contribution is -2.41. The van der Waals surface area contributed by atoms with E-state index in [9.17, 15) is 5.26 Å². The maximum Gasteiger partial charge on any atom is 0.108 e. The standard InChI is InChI=1S/C11H16N4/c1-2-13-11(9-12)5-4-10(8-11)15-7-3-6-14-15/h3,6-7,10,13H,2,4-5,8H2,1H3. The summed E-state index contributed by atoms with van der Waals surface area (Å²) in [4.78, 5) is 0. The van der Waals surface area contributed by atoms with Gasteiger partial charge in [-0.1, -0.05) is 6.92 Å². The van der Waals surface area contributed by atoms with Crippen molar-refractivity contribution in [2.24, 2.45) is 0 Å². The number of aromatic nitrogens is 2. The van der Waals surface area contributed by atoms with Gasteiger partial charge in [-0.2, -0.15) is 10.4 Å². The van der Waals surface area contributed by atoms with Crippen LogP contribution >= 0.6 is 0 Å². The molecule has 0 amide bonds. The van der Waals surface area contributed by atoms with Gasteiger partial charge in [0.1, 0.15) is 5.54 Å². The Labute approximate surface area is 89.9 Å². The van der Waals surface area contributed by atoms with Crippen LogP contribution < -0.4 is 5.32 Å². The third kappa shape index (κ3) is 1.88. The molecule has 0 bridgehead atoms. The molecule has 0 aliphatic heterocycles. The summed E-state index contributed by atoms with van der Waals surface area (Å²) < 4.78 is 1.97. The third-order valence-electron chi connectivity index (χ3n) is 3.12. The van der Waals surface area contributed by atoms with Crippen LogP contribution in [0, 0.1) is 11.3 Å². The minimum Gasteiger partial charge on any atom is -0.300 e. The lowest BCUT2D eigenvalue weighted by atomic mass is 9.99. The van der Waals surface area contributed by atoms with Crippen molar-refractivity contribution in [3.63, 3.8) is 0 Å². The van der Waals surface area contributed by atoms with Crippen LogP contribution in [0.25, 0.3) is 0 Å². The number of nitrogens with zero attached hydrogens (tertiary/aromatic N) is 3. The second-order valence-corrected chi connectivity index (χ2v) is 4.11. The van der Waals surface area contributed by atoms with Gasteiger partial charge in [-0.3, -0.25) is 10.00 Å². The fraction of sp³-hybridized carbons (Fsp3) is 0.636. The number of nitriles is 1. The van der Waals surface area contributed by atoms with Crippen molar-refractivity contribution in [2.45, 2.75) is 37.8 Å². The minimum atomic E-state index is -0.328. The number of hydrogen-bond donors (Lipinski definition) is 1. The average molecular weight is 204 g/mol. The number of hydrogen-bond acceptors (Lipinski definition) is 3. The zero-order valence-electron chi connectivity index (χ0n) is 8.98. The highest BCUT2D eigenvalue weighted by Gasteiger charge is 2.39. The molecular weight excluding hydrogens is 188 g/mol. The summed E-state index contributed by atoms with van der Waals surface area (Å²) in [5, 5.41) is 16.8. The first-order chi connectivity index (χ1) is 7.29. The minimum absolute atomic E-state index is 0.328. The van der Waals surface area contributed by atoms with Gasteiger partial charge in [0.05, 0.1) is 12.1 Å². The summed E-state index contributed by atoms with van der Waals surface area (Å²) >= 11 is 0. The molecule has 1 saturated carbocycles. The van der Waals surface area contributed by atoms with Crippen LogP contribution in [-0.2, 0) is 0 Å². The first kappa shape index (κ1) is 10.2. The molecule has 2 rings (SSSR count). The van der Waals surface area contributed by atoms with E-state index in [0.29, 0.717) is 6.04 Å². The average Bonchev–Trinajstić information content (AvgIpc) is 2.86. The van der Waals surface area contributed by atoms with E-state index in [-0.39, 0.29) is 5.54 Å². The number of nitrogens with one attached hydrogen (secondary N) is 1. The first-order valence-corrected chi connectivity index (χ1v) is 5.45. The highest BCUT2D eigenvalue weighted by molar-refractivity contribution is 5.12. The predicted molar refractivity (Wildman–Crippen MR) is 57.1 cm³/mol. The van der Waals surface area contributed by atoms with Crippen molar-refractivity contribution in [3.8, 4) is 6.07 Å². The molecule has 2 unspecified atom stereocenters. The van der Waals surface area contributed by atoms with Gasteiger partial charge in [-0.15, -0.1) is 0 Å². The lowest BCUT2D eigenvalue weighted by molar-refractivity contribution is 0.395. The van der Waals surface area contributed by atoms with Crippen molar-refractivity contribution in [3.05, 3.63) is 18.5 Å². The Morgan fingerprint density at radius 3 is 3.20 bits per heavy atom. The predicted octanol–water partition coefficient (Wildman–Crippen LogP) is 1.48. The van der Waals surface area contributed by atoms with Gasteiger partial charge in [0.2, 0.25) is 0 Å². The van der Waals surface area contributed by atoms with E-state index in [2.05, 4.69) is 16.5 Å². The summed E-state index contributed by atoms with van der Waals surface area (Å²) in [6, 6.07) is 4.72. The monoisotopic (exact) mass is 204 g/mol. The Bertz CT molecular complexity index is 351. The van der Waals surface area contributed by atoms with Crippen LogP contribution in [0.5, 0.6) is 0 Å². The van der Waals surface area contributed by atoms with E-state index in [0.717, 1.165) is 25.8 Å². The molecule has 1 aliphatic rings. The smallest absolute Gasteiger partial charge is 0.108 e. The van der Waals surface area contributed by atoms with Crippen LogP contribution in [0.4, 0.5) is 0 Å². The fourth-order valence-electron chi connectivity index (χ4n) is 2.38. The molecule has 1 aromatic rings. The molecule has 0 radical (unpaired) electrons. The summed E-state index contributed by atoms with van der Waals surface area (Å²) in [6.07, 6.45) is 6.58.